The minimum Gasteiger partial charge on any atom is -0.475 e. The van der Waals surface area contributed by atoms with Gasteiger partial charge in [0.2, 0.25) is 11.2 Å². The Labute approximate surface area is 142 Å². The minimum atomic E-state index is -2.31. The van der Waals surface area contributed by atoms with E-state index in [1.807, 2.05) is 0 Å². The Morgan fingerprint density at radius 3 is 3.13 bits per heavy atom. The Bertz CT molecular complexity index is 859. The van der Waals surface area contributed by atoms with Crippen molar-refractivity contribution in [3.05, 3.63) is 26.6 Å². The van der Waals surface area contributed by atoms with Crippen LogP contribution in [0.25, 0.3) is 10.9 Å². The van der Waals surface area contributed by atoms with Crippen molar-refractivity contribution in [2.75, 3.05) is 26.3 Å². The molecule has 124 valence electrons. The van der Waals surface area contributed by atoms with Crippen molar-refractivity contribution in [3.63, 3.8) is 0 Å². The molecule has 1 aliphatic rings. The van der Waals surface area contributed by atoms with Gasteiger partial charge in [0.15, 0.2) is 11.0 Å². The van der Waals surface area contributed by atoms with Gasteiger partial charge in [0.05, 0.1) is 15.4 Å². The van der Waals surface area contributed by atoms with Crippen molar-refractivity contribution in [1.82, 2.24) is 20.3 Å². The molecule has 2 N–H and O–H groups in total. The molecule has 7 nitrogen and oxygen atoms in total. The summed E-state index contributed by atoms with van der Waals surface area (Å²) in [6.07, 6.45) is 0.720. The fraction of sp³-hybridized carbons (Fsp3) is 0.462. The van der Waals surface area contributed by atoms with E-state index < -0.39 is 40.5 Å². The highest BCUT2D eigenvalue weighted by Crippen LogP contribution is 2.27. The van der Waals surface area contributed by atoms with Crippen LogP contribution in [0.5, 0.6) is 5.88 Å². The van der Waals surface area contributed by atoms with Crippen LogP contribution >= 0.6 is 23.2 Å². The molecule has 0 unspecified atom stereocenters. The van der Waals surface area contributed by atoms with E-state index in [1.54, 1.807) is 0 Å². The predicted octanol–water partition coefficient (Wildman–Crippen LogP) is 1.52. The first kappa shape index (κ1) is 13.9. The summed E-state index contributed by atoms with van der Waals surface area (Å²) in [6, 6.07) is -0.824. The van der Waals surface area contributed by atoms with Gasteiger partial charge < -0.3 is 14.8 Å². The predicted molar refractivity (Wildman–Crippen MR) is 82.9 cm³/mol. The standard InChI is InChI=1S/C13H13Cl2FN4O3/c14-10-8(16)9-7(11(21)20-13(15)18-9)12(19-10)23-5-6-4-22-3-1-2-17-6/h6,17H,1-5H2,(H,18,20,21)/t6-/m0/s1/i5D2. The summed E-state index contributed by atoms with van der Waals surface area (Å²) < 4.78 is 41.0. The van der Waals surface area contributed by atoms with Crippen LogP contribution in [-0.2, 0) is 4.74 Å². The first-order valence-electron chi connectivity index (χ1n) is 7.74. The maximum Gasteiger partial charge on any atom is 0.265 e. The number of hydrogen-bond acceptors (Lipinski definition) is 6. The lowest BCUT2D eigenvalue weighted by molar-refractivity contribution is 0.113. The van der Waals surface area contributed by atoms with Gasteiger partial charge in [-0.1, -0.05) is 11.6 Å². The van der Waals surface area contributed by atoms with Gasteiger partial charge in [-0.3, -0.25) is 9.78 Å². The first-order chi connectivity index (χ1) is 11.8. The summed E-state index contributed by atoms with van der Waals surface area (Å²) in [5.41, 5.74) is -1.28. The zero-order valence-electron chi connectivity index (χ0n) is 13.7. The van der Waals surface area contributed by atoms with Gasteiger partial charge in [0, 0.05) is 6.61 Å². The van der Waals surface area contributed by atoms with Gasteiger partial charge in [0.25, 0.3) is 5.56 Å². The summed E-state index contributed by atoms with van der Waals surface area (Å²) in [4.78, 5) is 21.6. The Morgan fingerprint density at radius 2 is 2.30 bits per heavy atom. The molecule has 2 aromatic heterocycles. The Balaban J connectivity index is 2.06. The number of halogens is 3. The number of H-pyrrole nitrogens is 1. The number of pyridine rings is 1. The van der Waals surface area contributed by atoms with Crippen LogP contribution in [-0.4, -0.2) is 47.3 Å². The zero-order chi connectivity index (χ0) is 18.2. The Kier molecular flexibility index (Phi) is 4.21. The van der Waals surface area contributed by atoms with Crippen molar-refractivity contribution in [2.45, 2.75) is 12.5 Å². The molecule has 1 saturated heterocycles. The molecule has 3 heterocycles. The zero-order valence-corrected chi connectivity index (χ0v) is 13.2. The molecule has 0 saturated carbocycles. The van der Waals surface area contributed by atoms with Gasteiger partial charge >= 0.3 is 0 Å². The lowest BCUT2D eigenvalue weighted by Gasteiger charge is -2.16. The number of fused-ring (bicyclic) bond motifs is 1. The average molecular weight is 365 g/mol. The van der Waals surface area contributed by atoms with E-state index in [0.29, 0.717) is 13.2 Å². The first-order valence-corrected chi connectivity index (χ1v) is 7.50. The summed E-state index contributed by atoms with van der Waals surface area (Å²) in [5, 5.41) is 1.62. The van der Waals surface area contributed by atoms with Crippen LogP contribution in [0.3, 0.4) is 0 Å². The molecule has 0 amide bonds. The fourth-order valence-corrected chi connectivity index (χ4v) is 2.42. The van der Waals surface area contributed by atoms with Crippen LogP contribution < -0.4 is 15.6 Å². The molecule has 3 rings (SSSR count). The molecule has 1 aliphatic heterocycles. The number of aromatic nitrogens is 3. The molecule has 23 heavy (non-hydrogen) atoms. The molecular formula is C13H13Cl2FN4O3. The maximum atomic E-state index is 14.1. The third-order valence-electron chi connectivity index (χ3n) is 3.13. The summed E-state index contributed by atoms with van der Waals surface area (Å²) in [5.74, 6) is -1.53. The van der Waals surface area contributed by atoms with Crippen molar-refractivity contribution in [3.8, 4) is 5.88 Å². The van der Waals surface area contributed by atoms with Gasteiger partial charge in [-0.15, -0.1) is 0 Å². The van der Waals surface area contributed by atoms with Gasteiger partial charge in [0.1, 0.15) is 17.5 Å². The highest BCUT2D eigenvalue weighted by atomic mass is 35.5. The van der Waals surface area contributed by atoms with E-state index in [1.165, 1.54) is 0 Å². The smallest absolute Gasteiger partial charge is 0.265 e. The maximum absolute atomic E-state index is 14.1. The number of hydrogen-bond donors (Lipinski definition) is 2. The Hall–Kier alpha value is -1.48. The van der Waals surface area contributed by atoms with Crippen molar-refractivity contribution < 1.29 is 16.6 Å². The quantitative estimate of drug-likeness (QED) is 0.633. The number of rotatable bonds is 3. The SMILES string of the molecule is [2H]C([2H])(Oc1nc(Cl)c(F)c2nc(Cl)[nH]c(=O)c12)[C@@H]1COCCCN1. The highest BCUT2D eigenvalue weighted by molar-refractivity contribution is 6.30. The highest BCUT2D eigenvalue weighted by Gasteiger charge is 2.20. The number of aromatic amines is 1. The molecule has 10 heteroatoms. The lowest BCUT2D eigenvalue weighted by atomic mass is 10.3. The van der Waals surface area contributed by atoms with E-state index in [9.17, 15) is 9.18 Å². The largest absolute Gasteiger partial charge is 0.475 e. The molecular weight excluding hydrogens is 350 g/mol. The second kappa shape index (κ2) is 6.96. The number of ether oxygens (including phenoxy) is 2. The molecule has 1 fully saturated rings. The molecule has 1 atom stereocenters. The van der Waals surface area contributed by atoms with Crippen molar-refractivity contribution in [1.29, 1.82) is 0 Å². The molecule has 0 aromatic carbocycles. The van der Waals surface area contributed by atoms with Gasteiger partial charge in [-0.2, -0.15) is 4.98 Å². The van der Waals surface area contributed by atoms with Crippen LogP contribution in [0.15, 0.2) is 4.79 Å². The van der Waals surface area contributed by atoms with E-state index in [2.05, 4.69) is 20.3 Å². The molecule has 0 radical (unpaired) electrons. The second-order valence-electron chi connectivity index (χ2n) is 4.76. The van der Waals surface area contributed by atoms with Crippen LogP contribution in [0.2, 0.25) is 10.4 Å². The molecule has 0 bridgehead atoms. The van der Waals surface area contributed by atoms with Gasteiger partial charge in [-0.05, 0) is 24.6 Å². The average Bonchev–Trinajstić information content (AvgIpc) is 2.81. The molecule has 0 spiro atoms. The topological polar surface area (TPSA) is 89.1 Å². The van der Waals surface area contributed by atoms with Crippen LogP contribution in [0.4, 0.5) is 4.39 Å². The van der Waals surface area contributed by atoms with E-state index in [-0.39, 0.29) is 17.3 Å². The van der Waals surface area contributed by atoms with Crippen LogP contribution in [0.1, 0.15) is 9.16 Å². The minimum absolute atomic E-state index is 0.0558. The number of nitrogens with one attached hydrogen (secondary N) is 2. The van der Waals surface area contributed by atoms with E-state index >= 15 is 0 Å². The second-order valence-corrected chi connectivity index (χ2v) is 5.47. The molecule has 0 aliphatic carbocycles. The summed E-state index contributed by atoms with van der Waals surface area (Å²) in [6.45, 7) is -1.23. The third-order valence-corrected chi connectivity index (χ3v) is 3.56. The third kappa shape index (κ3) is 3.55. The van der Waals surface area contributed by atoms with E-state index in [0.717, 1.165) is 6.42 Å². The Morgan fingerprint density at radius 1 is 1.48 bits per heavy atom. The fourth-order valence-electron chi connectivity index (χ4n) is 2.08. The lowest BCUT2D eigenvalue weighted by Crippen LogP contribution is -2.37. The number of nitrogens with zero attached hydrogens (tertiary/aromatic N) is 2. The van der Waals surface area contributed by atoms with Crippen molar-refractivity contribution >= 4 is 34.1 Å². The van der Waals surface area contributed by atoms with Gasteiger partial charge in [-0.25, -0.2) is 9.37 Å². The normalized spacial score (nSPS) is 20.7. The molecule has 2 aromatic rings. The van der Waals surface area contributed by atoms with E-state index in [4.69, 9.17) is 35.4 Å². The summed E-state index contributed by atoms with van der Waals surface area (Å²) >= 11 is 11.3. The van der Waals surface area contributed by atoms with Crippen LogP contribution in [0, 0.1) is 5.82 Å². The van der Waals surface area contributed by atoms with Crippen molar-refractivity contribution in [2.24, 2.45) is 0 Å². The summed E-state index contributed by atoms with van der Waals surface area (Å²) in [7, 11) is 0. The monoisotopic (exact) mass is 364 g/mol.